The monoisotopic (exact) mass is 304 g/mol. The smallest absolute Gasteiger partial charge is 0.200 e. The normalized spacial score (nSPS) is 11.4. The number of pyridine rings is 1. The fraction of sp³-hybridized carbons (Fsp3) is 0.318. The fourth-order valence-electron chi connectivity index (χ4n) is 3.30. The van der Waals surface area contributed by atoms with Crippen molar-refractivity contribution < 1.29 is 4.57 Å². The van der Waals surface area contributed by atoms with Crippen LogP contribution >= 0.6 is 0 Å². The second-order valence-corrected chi connectivity index (χ2v) is 7.07. The van der Waals surface area contributed by atoms with E-state index < -0.39 is 0 Å². The standard InChI is InChI=1S/C22H26N/c1-14(2)18-7-8-19-13-23(6)22(12-20(19)11-18)21-10-15(3)9-16(4)17(21)5/h7-14H,1-6H3/q+1. The molecule has 3 rings (SSSR count). The molecule has 3 aromatic rings. The van der Waals surface area contributed by atoms with E-state index in [-0.39, 0.29) is 0 Å². The van der Waals surface area contributed by atoms with Crippen molar-refractivity contribution in [1.29, 1.82) is 0 Å². The van der Waals surface area contributed by atoms with Gasteiger partial charge < -0.3 is 0 Å². The topological polar surface area (TPSA) is 3.88 Å². The summed E-state index contributed by atoms with van der Waals surface area (Å²) in [6.45, 7) is 11.1. The molecule has 1 heterocycles. The van der Waals surface area contributed by atoms with Crippen molar-refractivity contribution in [3.63, 3.8) is 0 Å². The summed E-state index contributed by atoms with van der Waals surface area (Å²) in [4.78, 5) is 0. The lowest BCUT2D eigenvalue weighted by Crippen LogP contribution is -2.30. The van der Waals surface area contributed by atoms with E-state index in [1.165, 1.54) is 44.3 Å². The van der Waals surface area contributed by atoms with Crippen molar-refractivity contribution in [2.45, 2.75) is 40.5 Å². The summed E-state index contributed by atoms with van der Waals surface area (Å²) in [5.74, 6) is 0.555. The highest BCUT2D eigenvalue weighted by atomic mass is 14.9. The maximum absolute atomic E-state index is 2.34. The molecule has 23 heavy (non-hydrogen) atoms. The van der Waals surface area contributed by atoms with E-state index in [2.05, 4.69) is 88.8 Å². The molecule has 0 bridgehead atoms. The Morgan fingerprint density at radius 1 is 0.870 bits per heavy atom. The zero-order chi connectivity index (χ0) is 16.7. The van der Waals surface area contributed by atoms with Crippen molar-refractivity contribution in [1.82, 2.24) is 0 Å². The third-order valence-corrected chi connectivity index (χ3v) is 4.87. The molecule has 0 spiro atoms. The molecule has 2 aromatic carbocycles. The lowest BCUT2D eigenvalue weighted by atomic mass is 9.95. The zero-order valence-electron chi connectivity index (χ0n) is 15.1. The van der Waals surface area contributed by atoms with Gasteiger partial charge in [0.1, 0.15) is 7.05 Å². The van der Waals surface area contributed by atoms with Gasteiger partial charge in [-0.2, -0.15) is 0 Å². The molecule has 0 aliphatic carbocycles. The summed E-state index contributed by atoms with van der Waals surface area (Å²) in [6, 6.07) is 13.7. The molecular weight excluding hydrogens is 278 g/mol. The maximum Gasteiger partial charge on any atom is 0.213 e. The first kappa shape index (κ1) is 15.7. The molecule has 0 atom stereocenters. The van der Waals surface area contributed by atoms with Crippen LogP contribution in [0.4, 0.5) is 0 Å². The van der Waals surface area contributed by atoms with Gasteiger partial charge in [0, 0.05) is 17.0 Å². The van der Waals surface area contributed by atoms with Crippen LogP contribution in [0.2, 0.25) is 0 Å². The Hall–Kier alpha value is -2.15. The van der Waals surface area contributed by atoms with E-state index in [0.29, 0.717) is 5.92 Å². The average molecular weight is 304 g/mol. The molecule has 1 heteroatoms. The van der Waals surface area contributed by atoms with Crippen molar-refractivity contribution in [3.8, 4) is 11.3 Å². The molecule has 0 aliphatic rings. The van der Waals surface area contributed by atoms with Crippen LogP contribution in [0, 0.1) is 20.8 Å². The third-order valence-electron chi connectivity index (χ3n) is 4.87. The average Bonchev–Trinajstić information content (AvgIpc) is 2.49. The number of aromatic nitrogens is 1. The number of hydrogen-bond acceptors (Lipinski definition) is 0. The lowest BCUT2D eigenvalue weighted by molar-refractivity contribution is -0.659. The summed E-state index contributed by atoms with van der Waals surface area (Å²) >= 11 is 0. The van der Waals surface area contributed by atoms with Gasteiger partial charge in [0.05, 0.1) is 0 Å². The Bertz CT molecular complexity index is 888. The summed E-state index contributed by atoms with van der Waals surface area (Å²) < 4.78 is 2.25. The van der Waals surface area contributed by atoms with Gasteiger partial charge in [-0.05, 0) is 60.9 Å². The van der Waals surface area contributed by atoms with E-state index >= 15 is 0 Å². The Morgan fingerprint density at radius 3 is 2.30 bits per heavy atom. The molecule has 1 aromatic heterocycles. The lowest BCUT2D eigenvalue weighted by Gasteiger charge is -2.11. The Labute approximate surface area is 139 Å². The minimum Gasteiger partial charge on any atom is -0.200 e. The number of fused-ring (bicyclic) bond motifs is 1. The molecule has 1 nitrogen and oxygen atoms in total. The molecule has 0 N–H and O–H groups in total. The second kappa shape index (κ2) is 5.81. The Morgan fingerprint density at radius 2 is 1.61 bits per heavy atom. The first-order valence-electron chi connectivity index (χ1n) is 8.38. The molecule has 118 valence electrons. The van der Waals surface area contributed by atoms with Crippen LogP contribution in [-0.2, 0) is 7.05 Å². The SMILES string of the molecule is Cc1cc(C)c(C)c(-c2cc3cc(C(C)C)ccc3c[n+]2C)c1. The third kappa shape index (κ3) is 2.88. The minimum absolute atomic E-state index is 0.555. The predicted octanol–water partition coefficient (Wildman–Crippen LogP) is 5.38. The Balaban J connectivity index is 2.27. The van der Waals surface area contributed by atoms with Gasteiger partial charge in [0.15, 0.2) is 6.20 Å². The van der Waals surface area contributed by atoms with E-state index in [0.717, 1.165) is 0 Å². The summed E-state index contributed by atoms with van der Waals surface area (Å²) in [6.07, 6.45) is 2.24. The van der Waals surface area contributed by atoms with E-state index in [1.807, 2.05) is 0 Å². The first-order valence-corrected chi connectivity index (χ1v) is 8.38. The van der Waals surface area contributed by atoms with Crippen molar-refractivity contribution in [2.75, 3.05) is 0 Å². The van der Waals surface area contributed by atoms with Gasteiger partial charge in [0.25, 0.3) is 0 Å². The van der Waals surface area contributed by atoms with Gasteiger partial charge in [-0.25, -0.2) is 4.57 Å². The van der Waals surface area contributed by atoms with Gasteiger partial charge >= 0.3 is 0 Å². The molecule has 0 radical (unpaired) electrons. The van der Waals surface area contributed by atoms with Crippen molar-refractivity contribution in [3.05, 3.63) is 64.8 Å². The van der Waals surface area contributed by atoms with E-state index in [4.69, 9.17) is 0 Å². The molecule has 0 saturated heterocycles. The number of aryl methyl sites for hydroxylation is 3. The van der Waals surface area contributed by atoms with Gasteiger partial charge in [-0.15, -0.1) is 0 Å². The van der Waals surface area contributed by atoms with Crippen LogP contribution in [0.5, 0.6) is 0 Å². The van der Waals surface area contributed by atoms with Crippen LogP contribution in [0.15, 0.2) is 42.6 Å². The summed E-state index contributed by atoms with van der Waals surface area (Å²) in [7, 11) is 2.14. The minimum atomic E-state index is 0.555. The summed E-state index contributed by atoms with van der Waals surface area (Å²) in [5.41, 5.74) is 8.06. The fourth-order valence-corrected chi connectivity index (χ4v) is 3.30. The molecule has 0 unspecified atom stereocenters. The number of hydrogen-bond donors (Lipinski definition) is 0. The second-order valence-electron chi connectivity index (χ2n) is 7.07. The van der Waals surface area contributed by atoms with E-state index in [9.17, 15) is 0 Å². The maximum atomic E-state index is 2.34. The highest BCUT2D eigenvalue weighted by Gasteiger charge is 2.16. The zero-order valence-corrected chi connectivity index (χ0v) is 15.1. The molecule has 0 saturated carbocycles. The first-order chi connectivity index (χ1) is 10.9. The highest BCUT2D eigenvalue weighted by Crippen LogP contribution is 2.28. The van der Waals surface area contributed by atoms with Crippen LogP contribution in [-0.4, -0.2) is 0 Å². The van der Waals surface area contributed by atoms with E-state index in [1.54, 1.807) is 0 Å². The number of nitrogens with zero attached hydrogens (tertiary/aromatic N) is 1. The van der Waals surface area contributed by atoms with Crippen LogP contribution in [0.3, 0.4) is 0 Å². The molecule has 0 aliphatic heterocycles. The summed E-state index contributed by atoms with van der Waals surface area (Å²) in [5, 5.41) is 2.62. The highest BCUT2D eigenvalue weighted by molar-refractivity contribution is 5.85. The predicted molar refractivity (Wildman–Crippen MR) is 98.9 cm³/mol. The quantitative estimate of drug-likeness (QED) is 0.560. The molecule has 0 fully saturated rings. The Kier molecular flexibility index (Phi) is 3.97. The van der Waals surface area contributed by atoms with Crippen LogP contribution < -0.4 is 4.57 Å². The van der Waals surface area contributed by atoms with Gasteiger partial charge in [-0.3, -0.25) is 0 Å². The number of benzene rings is 2. The molecular formula is C22H26N+. The van der Waals surface area contributed by atoms with Crippen molar-refractivity contribution >= 4 is 10.8 Å². The van der Waals surface area contributed by atoms with Gasteiger partial charge in [0.2, 0.25) is 5.69 Å². The van der Waals surface area contributed by atoms with Crippen LogP contribution in [0.25, 0.3) is 22.0 Å². The van der Waals surface area contributed by atoms with Crippen molar-refractivity contribution in [2.24, 2.45) is 7.05 Å². The largest absolute Gasteiger partial charge is 0.213 e. The van der Waals surface area contributed by atoms with Gasteiger partial charge in [-0.1, -0.05) is 37.6 Å². The van der Waals surface area contributed by atoms with Crippen LogP contribution in [0.1, 0.15) is 42.0 Å². The number of rotatable bonds is 2. The molecule has 0 amide bonds.